The molecule has 6 nitrogen and oxygen atoms in total. The fourth-order valence-corrected chi connectivity index (χ4v) is 3.53. The Balaban J connectivity index is 1.71. The predicted molar refractivity (Wildman–Crippen MR) is 107 cm³/mol. The Morgan fingerprint density at radius 3 is 2.46 bits per heavy atom. The van der Waals surface area contributed by atoms with Gasteiger partial charge in [-0.15, -0.1) is 0 Å². The van der Waals surface area contributed by atoms with Gasteiger partial charge in [-0.25, -0.2) is 4.79 Å². The van der Waals surface area contributed by atoms with Crippen LogP contribution in [0.2, 0.25) is 5.02 Å². The Morgan fingerprint density at radius 1 is 1.18 bits per heavy atom. The second-order valence-corrected chi connectivity index (χ2v) is 7.54. The summed E-state index contributed by atoms with van der Waals surface area (Å²) in [5.74, 6) is -0.877. The number of amides is 4. The number of hydrogen-bond acceptors (Lipinski definition) is 3. The van der Waals surface area contributed by atoms with Crippen molar-refractivity contribution in [3.63, 3.8) is 0 Å². The zero-order chi connectivity index (χ0) is 20.5. The lowest BCUT2D eigenvalue weighted by Gasteiger charge is -2.22. The molecule has 1 fully saturated rings. The number of rotatable bonds is 5. The van der Waals surface area contributed by atoms with Gasteiger partial charge in [-0.2, -0.15) is 0 Å². The normalized spacial score (nSPS) is 20.1. The number of urea groups is 1. The van der Waals surface area contributed by atoms with Gasteiger partial charge in [0.1, 0.15) is 12.1 Å². The topological polar surface area (TPSA) is 78.5 Å². The standard InChI is InChI=1S/C21H22ClN3O3/c1-13-6-4-5-7-17(13)14(2)23-18(26)12-25-19(27)21(3,24-20(25)28)15-8-10-16(22)11-9-15/h4-11,14H,12H2,1-3H3,(H,23,26)(H,24,28). The molecule has 1 heterocycles. The molecule has 146 valence electrons. The maximum atomic E-state index is 12.9. The number of nitrogens with one attached hydrogen (secondary N) is 2. The number of nitrogens with zero attached hydrogens (tertiary/aromatic N) is 1. The third-order valence-electron chi connectivity index (χ3n) is 5.03. The van der Waals surface area contributed by atoms with Crippen molar-refractivity contribution in [3.05, 3.63) is 70.2 Å². The summed E-state index contributed by atoms with van der Waals surface area (Å²) in [4.78, 5) is 38.7. The first-order valence-electron chi connectivity index (χ1n) is 8.97. The van der Waals surface area contributed by atoms with Crippen LogP contribution in [0.4, 0.5) is 4.79 Å². The van der Waals surface area contributed by atoms with E-state index in [4.69, 9.17) is 11.6 Å². The van der Waals surface area contributed by atoms with Crippen LogP contribution in [0, 0.1) is 6.92 Å². The number of imide groups is 1. The summed E-state index contributed by atoms with van der Waals surface area (Å²) in [6.07, 6.45) is 0. The number of halogens is 1. The van der Waals surface area contributed by atoms with Crippen LogP contribution in [0.15, 0.2) is 48.5 Å². The smallest absolute Gasteiger partial charge is 0.325 e. The van der Waals surface area contributed by atoms with E-state index < -0.39 is 23.4 Å². The van der Waals surface area contributed by atoms with Crippen LogP contribution < -0.4 is 10.6 Å². The Bertz CT molecular complexity index is 929. The molecule has 28 heavy (non-hydrogen) atoms. The Kier molecular flexibility index (Phi) is 5.42. The lowest BCUT2D eigenvalue weighted by atomic mass is 9.92. The molecule has 2 atom stereocenters. The molecule has 7 heteroatoms. The molecule has 0 bridgehead atoms. The first-order chi connectivity index (χ1) is 13.2. The lowest BCUT2D eigenvalue weighted by Crippen LogP contribution is -2.43. The molecule has 1 aliphatic heterocycles. The van der Waals surface area contributed by atoms with E-state index in [9.17, 15) is 14.4 Å². The maximum absolute atomic E-state index is 12.9. The quantitative estimate of drug-likeness (QED) is 0.757. The van der Waals surface area contributed by atoms with Crippen molar-refractivity contribution < 1.29 is 14.4 Å². The molecule has 2 N–H and O–H groups in total. The van der Waals surface area contributed by atoms with Crippen LogP contribution in [0.1, 0.15) is 36.6 Å². The van der Waals surface area contributed by atoms with Gasteiger partial charge in [0.2, 0.25) is 5.91 Å². The van der Waals surface area contributed by atoms with Crippen molar-refractivity contribution in [3.8, 4) is 0 Å². The number of carbonyl (C=O) groups excluding carboxylic acids is 3. The Labute approximate surface area is 168 Å². The van der Waals surface area contributed by atoms with E-state index in [1.807, 2.05) is 38.1 Å². The summed E-state index contributed by atoms with van der Waals surface area (Å²) in [6.45, 7) is 5.10. The molecular weight excluding hydrogens is 378 g/mol. The predicted octanol–water partition coefficient (Wildman–Crippen LogP) is 3.29. The van der Waals surface area contributed by atoms with Crippen LogP contribution in [-0.4, -0.2) is 29.3 Å². The van der Waals surface area contributed by atoms with Gasteiger partial charge in [0.15, 0.2) is 0 Å². The third kappa shape index (κ3) is 3.73. The Morgan fingerprint density at radius 2 is 1.82 bits per heavy atom. The number of hydrogen-bond donors (Lipinski definition) is 2. The number of carbonyl (C=O) groups is 3. The van der Waals surface area contributed by atoms with E-state index in [2.05, 4.69) is 10.6 Å². The molecule has 0 aromatic heterocycles. The molecule has 0 aliphatic carbocycles. The molecule has 0 radical (unpaired) electrons. The van der Waals surface area contributed by atoms with Gasteiger partial charge < -0.3 is 10.6 Å². The molecule has 2 aromatic carbocycles. The van der Waals surface area contributed by atoms with Crippen molar-refractivity contribution in [1.29, 1.82) is 0 Å². The molecule has 0 saturated carbocycles. The zero-order valence-electron chi connectivity index (χ0n) is 16.0. The third-order valence-corrected chi connectivity index (χ3v) is 5.28. The highest BCUT2D eigenvalue weighted by Crippen LogP contribution is 2.29. The number of aryl methyl sites for hydroxylation is 1. The average Bonchev–Trinajstić information content (AvgIpc) is 2.86. The van der Waals surface area contributed by atoms with Gasteiger partial charge in [-0.3, -0.25) is 14.5 Å². The first-order valence-corrected chi connectivity index (χ1v) is 9.35. The Hall–Kier alpha value is -2.86. The highest BCUT2D eigenvalue weighted by molar-refractivity contribution is 6.30. The second-order valence-electron chi connectivity index (χ2n) is 7.10. The van der Waals surface area contributed by atoms with Gasteiger partial charge in [0.25, 0.3) is 5.91 Å². The second kappa shape index (κ2) is 7.64. The van der Waals surface area contributed by atoms with Crippen LogP contribution in [0.25, 0.3) is 0 Å². The summed E-state index contributed by atoms with van der Waals surface area (Å²) >= 11 is 5.90. The molecule has 3 rings (SSSR count). The monoisotopic (exact) mass is 399 g/mol. The molecule has 0 spiro atoms. The summed E-state index contributed by atoms with van der Waals surface area (Å²) in [7, 11) is 0. The zero-order valence-corrected chi connectivity index (χ0v) is 16.7. The molecule has 2 aromatic rings. The molecule has 2 unspecified atom stereocenters. The van der Waals surface area contributed by atoms with Crippen LogP contribution in [0.5, 0.6) is 0 Å². The van der Waals surface area contributed by atoms with Crippen molar-refractivity contribution in [2.45, 2.75) is 32.4 Å². The van der Waals surface area contributed by atoms with Crippen molar-refractivity contribution in [2.75, 3.05) is 6.54 Å². The highest BCUT2D eigenvalue weighted by Gasteiger charge is 2.49. The van der Waals surface area contributed by atoms with E-state index in [-0.39, 0.29) is 12.6 Å². The van der Waals surface area contributed by atoms with Gasteiger partial charge in [0.05, 0.1) is 6.04 Å². The van der Waals surface area contributed by atoms with E-state index in [1.165, 1.54) is 0 Å². The molecule has 1 saturated heterocycles. The van der Waals surface area contributed by atoms with Crippen molar-refractivity contribution in [2.24, 2.45) is 0 Å². The summed E-state index contributed by atoms with van der Waals surface area (Å²) < 4.78 is 0. The van der Waals surface area contributed by atoms with Gasteiger partial charge in [-0.1, -0.05) is 48.0 Å². The van der Waals surface area contributed by atoms with Crippen molar-refractivity contribution in [1.82, 2.24) is 15.5 Å². The highest BCUT2D eigenvalue weighted by atomic mass is 35.5. The van der Waals surface area contributed by atoms with E-state index in [0.29, 0.717) is 10.6 Å². The summed E-state index contributed by atoms with van der Waals surface area (Å²) in [5.41, 5.74) is 1.41. The van der Waals surface area contributed by atoms with Gasteiger partial charge in [0, 0.05) is 5.02 Å². The minimum Gasteiger partial charge on any atom is -0.348 e. The fraction of sp³-hybridized carbons (Fsp3) is 0.286. The minimum absolute atomic E-state index is 0.239. The maximum Gasteiger partial charge on any atom is 0.325 e. The molecule has 4 amide bonds. The largest absolute Gasteiger partial charge is 0.348 e. The van der Waals surface area contributed by atoms with E-state index in [1.54, 1.807) is 31.2 Å². The van der Waals surface area contributed by atoms with Gasteiger partial charge >= 0.3 is 6.03 Å². The average molecular weight is 400 g/mol. The molecule has 1 aliphatic rings. The molecular formula is C21H22ClN3O3. The van der Waals surface area contributed by atoms with Crippen LogP contribution >= 0.6 is 11.6 Å². The first kappa shape index (κ1) is 19.9. The fourth-order valence-electron chi connectivity index (χ4n) is 3.40. The number of benzene rings is 2. The lowest BCUT2D eigenvalue weighted by molar-refractivity contribution is -0.135. The van der Waals surface area contributed by atoms with Crippen LogP contribution in [-0.2, 0) is 15.1 Å². The van der Waals surface area contributed by atoms with E-state index in [0.717, 1.165) is 16.0 Å². The summed E-state index contributed by atoms with van der Waals surface area (Å²) in [6, 6.07) is 13.6. The van der Waals surface area contributed by atoms with Gasteiger partial charge in [-0.05, 0) is 49.6 Å². The minimum atomic E-state index is -1.23. The van der Waals surface area contributed by atoms with E-state index >= 15 is 0 Å². The summed E-state index contributed by atoms with van der Waals surface area (Å²) in [5, 5.41) is 6.06. The SMILES string of the molecule is Cc1ccccc1C(C)NC(=O)CN1C(=O)NC(C)(c2ccc(Cl)cc2)C1=O. The van der Waals surface area contributed by atoms with Crippen LogP contribution in [0.3, 0.4) is 0 Å². The van der Waals surface area contributed by atoms with Crippen molar-refractivity contribution >= 4 is 29.4 Å².